The summed E-state index contributed by atoms with van der Waals surface area (Å²) in [4.78, 5) is 52.9. The van der Waals surface area contributed by atoms with E-state index in [1.54, 1.807) is 42.5 Å². The molecule has 0 unspecified atom stereocenters. The Hall–Kier alpha value is -2.94. The second kappa shape index (κ2) is 7.83. The molecular formula is C23H19Cl2N3O5. The van der Waals surface area contributed by atoms with Crippen molar-refractivity contribution in [3.05, 3.63) is 63.6 Å². The number of carboxylic acid groups (broad SMARTS) is 1. The number of nitrogens with zero attached hydrogens (tertiary/aromatic N) is 1. The molecule has 8 nitrogen and oxygen atoms in total. The van der Waals surface area contributed by atoms with E-state index >= 15 is 0 Å². The molecule has 2 aromatic rings. The Morgan fingerprint density at radius 1 is 1.03 bits per heavy atom. The van der Waals surface area contributed by atoms with Crippen molar-refractivity contribution in [1.29, 1.82) is 0 Å². The van der Waals surface area contributed by atoms with Gasteiger partial charge in [-0.2, -0.15) is 0 Å². The average Bonchev–Trinajstić information content (AvgIpc) is 3.35. The standard InChI is InChI=1S/C23H19Cl2N3O5/c24-13-6-2-1-4-11(13)10-28-20(31)17-15(8-9-16(29)30)27-23(18(17)21(28)32)12-5-3-7-14(25)19(12)26-22(23)33/h1-7,15,17-18,27H,8-10H2,(H,26,33)(H,29,30)/t15-,17-,18+,23-/m1/s1. The van der Waals surface area contributed by atoms with Crippen LogP contribution in [-0.4, -0.2) is 39.7 Å². The van der Waals surface area contributed by atoms with Gasteiger partial charge in [-0.3, -0.25) is 29.4 Å². The highest BCUT2D eigenvalue weighted by molar-refractivity contribution is 6.35. The highest BCUT2D eigenvalue weighted by Gasteiger charge is 2.70. The van der Waals surface area contributed by atoms with E-state index in [0.29, 0.717) is 26.9 Å². The summed E-state index contributed by atoms with van der Waals surface area (Å²) in [5.74, 6) is -4.40. The van der Waals surface area contributed by atoms with Gasteiger partial charge in [0.05, 0.1) is 29.1 Å². The van der Waals surface area contributed by atoms with E-state index in [1.807, 2.05) is 0 Å². The molecule has 2 saturated heterocycles. The van der Waals surface area contributed by atoms with Gasteiger partial charge in [-0.05, 0) is 24.1 Å². The predicted octanol–water partition coefficient (Wildman–Crippen LogP) is 2.78. The fraction of sp³-hybridized carbons (Fsp3) is 0.304. The lowest BCUT2D eigenvalue weighted by atomic mass is 9.76. The minimum Gasteiger partial charge on any atom is -0.481 e. The summed E-state index contributed by atoms with van der Waals surface area (Å²) in [5, 5.41) is 15.9. The normalized spacial score (nSPS) is 27.8. The number of aliphatic carboxylic acids is 1. The van der Waals surface area contributed by atoms with Crippen LogP contribution in [-0.2, 0) is 31.3 Å². The third kappa shape index (κ3) is 3.16. The number of rotatable bonds is 5. The lowest BCUT2D eigenvalue weighted by molar-refractivity contribution is -0.144. The molecule has 4 atom stereocenters. The van der Waals surface area contributed by atoms with E-state index in [-0.39, 0.29) is 19.4 Å². The number of para-hydroxylation sites is 1. The summed E-state index contributed by atoms with van der Waals surface area (Å²) in [5.41, 5.74) is -0.0484. The molecule has 10 heteroatoms. The second-order valence-corrected chi connectivity index (χ2v) is 9.28. The molecule has 3 amide bonds. The zero-order valence-electron chi connectivity index (χ0n) is 17.2. The van der Waals surface area contributed by atoms with Gasteiger partial charge < -0.3 is 10.4 Å². The number of carbonyl (C=O) groups excluding carboxylic acids is 3. The summed E-state index contributed by atoms with van der Waals surface area (Å²) < 4.78 is 0. The molecule has 1 spiro atoms. The molecule has 2 aromatic carbocycles. The molecule has 33 heavy (non-hydrogen) atoms. The Balaban J connectivity index is 1.60. The largest absolute Gasteiger partial charge is 0.481 e. The fourth-order valence-electron chi connectivity index (χ4n) is 5.33. The van der Waals surface area contributed by atoms with Crippen LogP contribution in [0, 0.1) is 11.8 Å². The minimum absolute atomic E-state index is 0.0317. The van der Waals surface area contributed by atoms with Crippen molar-refractivity contribution in [2.75, 3.05) is 5.32 Å². The molecule has 3 aliphatic rings. The summed E-state index contributed by atoms with van der Waals surface area (Å²) in [6.45, 7) is -0.0317. The van der Waals surface area contributed by atoms with Crippen molar-refractivity contribution in [3.8, 4) is 0 Å². The van der Waals surface area contributed by atoms with E-state index in [4.69, 9.17) is 23.2 Å². The van der Waals surface area contributed by atoms with Crippen molar-refractivity contribution in [2.45, 2.75) is 31.0 Å². The lowest BCUT2D eigenvalue weighted by Crippen LogP contribution is -2.53. The third-order valence-corrected chi connectivity index (χ3v) is 7.43. The van der Waals surface area contributed by atoms with Crippen molar-refractivity contribution >= 4 is 52.6 Å². The van der Waals surface area contributed by atoms with E-state index in [1.165, 1.54) is 0 Å². The topological polar surface area (TPSA) is 116 Å². The quantitative estimate of drug-likeness (QED) is 0.558. The van der Waals surface area contributed by atoms with E-state index in [9.17, 15) is 24.3 Å². The SMILES string of the molecule is O=C(O)CC[C@H]1N[C@@]2(C(=O)Nc3c(Cl)cccc32)[C@@H]2C(=O)N(Cc3ccccc3Cl)C(=O)[C@@H]21. The van der Waals surface area contributed by atoms with Gasteiger partial charge in [0.25, 0.3) is 0 Å². The molecule has 3 heterocycles. The monoisotopic (exact) mass is 487 g/mol. The number of amides is 3. The van der Waals surface area contributed by atoms with Gasteiger partial charge in [-0.25, -0.2) is 0 Å². The van der Waals surface area contributed by atoms with Gasteiger partial charge in [0, 0.05) is 23.0 Å². The number of likely N-dealkylation sites (tertiary alicyclic amines) is 1. The Morgan fingerprint density at radius 2 is 1.76 bits per heavy atom. The summed E-state index contributed by atoms with van der Waals surface area (Å²) in [6, 6.07) is 11.2. The number of fused-ring (bicyclic) bond motifs is 4. The van der Waals surface area contributed by atoms with Gasteiger partial charge in [-0.15, -0.1) is 0 Å². The molecule has 0 saturated carbocycles. The number of benzene rings is 2. The summed E-state index contributed by atoms with van der Waals surface area (Å²) in [6.07, 6.45) is -0.132. The Morgan fingerprint density at radius 3 is 2.48 bits per heavy atom. The maximum Gasteiger partial charge on any atom is 0.303 e. The summed E-state index contributed by atoms with van der Waals surface area (Å²) in [7, 11) is 0. The highest BCUT2D eigenvalue weighted by atomic mass is 35.5. The number of nitrogens with one attached hydrogen (secondary N) is 2. The first-order chi connectivity index (χ1) is 15.8. The number of halogens is 2. The second-order valence-electron chi connectivity index (χ2n) is 8.47. The van der Waals surface area contributed by atoms with Gasteiger partial charge in [0.15, 0.2) is 0 Å². The number of imide groups is 1. The number of anilines is 1. The molecule has 2 fully saturated rings. The van der Waals surface area contributed by atoms with E-state index in [2.05, 4.69) is 10.6 Å². The van der Waals surface area contributed by atoms with Gasteiger partial charge in [0.2, 0.25) is 17.7 Å². The molecular weight excluding hydrogens is 469 g/mol. The van der Waals surface area contributed by atoms with E-state index in [0.717, 1.165) is 4.90 Å². The van der Waals surface area contributed by atoms with Crippen LogP contribution >= 0.6 is 23.2 Å². The van der Waals surface area contributed by atoms with Crippen LogP contribution in [0.2, 0.25) is 10.0 Å². The van der Waals surface area contributed by atoms with Crippen molar-refractivity contribution in [1.82, 2.24) is 10.2 Å². The third-order valence-electron chi connectivity index (χ3n) is 6.75. The molecule has 0 radical (unpaired) electrons. The molecule has 3 aliphatic heterocycles. The van der Waals surface area contributed by atoms with Crippen LogP contribution in [0.15, 0.2) is 42.5 Å². The maximum absolute atomic E-state index is 13.7. The zero-order valence-corrected chi connectivity index (χ0v) is 18.7. The molecule has 5 rings (SSSR count). The Bertz CT molecular complexity index is 1220. The van der Waals surface area contributed by atoms with Crippen LogP contribution in [0.4, 0.5) is 5.69 Å². The van der Waals surface area contributed by atoms with Crippen LogP contribution in [0.3, 0.4) is 0 Å². The molecule has 0 bridgehead atoms. The van der Waals surface area contributed by atoms with Gasteiger partial charge >= 0.3 is 5.97 Å². The molecule has 0 aliphatic carbocycles. The molecule has 0 aromatic heterocycles. The highest BCUT2D eigenvalue weighted by Crippen LogP contribution is 2.54. The first-order valence-corrected chi connectivity index (χ1v) is 11.2. The maximum atomic E-state index is 13.7. The van der Waals surface area contributed by atoms with Crippen LogP contribution in [0.25, 0.3) is 0 Å². The Kier molecular flexibility index (Phi) is 5.19. The first-order valence-electron chi connectivity index (χ1n) is 10.4. The zero-order chi connectivity index (χ0) is 23.5. The Labute approximate surface area is 198 Å². The van der Waals surface area contributed by atoms with Gasteiger partial charge in [0.1, 0.15) is 5.54 Å². The molecule has 3 N–H and O–H groups in total. The van der Waals surface area contributed by atoms with Crippen LogP contribution in [0.1, 0.15) is 24.0 Å². The smallest absolute Gasteiger partial charge is 0.303 e. The van der Waals surface area contributed by atoms with Crippen LogP contribution < -0.4 is 10.6 Å². The van der Waals surface area contributed by atoms with Crippen molar-refractivity contribution < 1.29 is 24.3 Å². The number of hydrogen-bond acceptors (Lipinski definition) is 5. The minimum atomic E-state index is -1.52. The van der Waals surface area contributed by atoms with Gasteiger partial charge in [-0.1, -0.05) is 53.5 Å². The van der Waals surface area contributed by atoms with Crippen molar-refractivity contribution in [2.24, 2.45) is 11.8 Å². The number of carboxylic acids is 1. The average molecular weight is 488 g/mol. The van der Waals surface area contributed by atoms with E-state index < -0.39 is 47.1 Å². The van der Waals surface area contributed by atoms with Crippen molar-refractivity contribution in [3.63, 3.8) is 0 Å². The fourth-order valence-corrected chi connectivity index (χ4v) is 5.75. The lowest BCUT2D eigenvalue weighted by Gasteiger charge is -2.29. The first kappa shape index (κ1) is 21.9. The predicted molar refractivity (Wildman–Crippen MR) is 120 cm³/mol. The molecule has 170 valence electrons. The number of carbonyl (C=O) groups is 4. The summed E-state index contributed by atoms with van der Waals surface area (Å²) >= 11 is 12.6. The number of hydrogen-bond donors (Lipinski definition) is 3. The van der Waals surface area contributed by atoms with Crippen LogP contribution in [0.5, 0.6) is 0 Å².